The Hall–Kier alpha value is -0.680. The van der Waals surface area contributed by atoms with E-state index < -0.39 is 13.8 Å². The zero-order valence-electron chi connectivity index (χ0n) is 12.1. The molecule has 0 aliphatic heterocycles. The van der Waals surface area contributed by atoms with Gasteiger partial charge in [-0.1, -0.05) is 6.58 Å². The highest BCUT2D eigenvalue weighted by Crippen LogP contribution is 2.43. The highest BCUT2D eigenvalue weighted by Gasteiger charge is 2.25. The van der Waals surface area contributed by atoms with E-state index in [0.717, 1.165) is 4.48 Å². The topological polar surface area (TPSA) is 72.8 Å². The molecule has 0 fully saturated rings. The van der Waals surface area contributed by atoms with Crippen molar-refractivity contribution in [1.82, 2.24) is 0 Å². The van der Waals surface area contributed by atoms with E-state index in [4.69, 9.17) is 4.89 Å². The summed E-state index contributed by atoms with van der Waals surface area (Å²) in [5.74, 6) is -0.936. The number of carbonyl (C=O) groups is 1. The van der Waals surface area contributed by atoms with Gasteiger partial charge in [-0.05, 0) is 20.8 Å². The molecule has 0 aromatic heterocycles. The van der Waals surface area contributed by atoms with Crippen LogP contribution in [0.5, 0.6) is 0 Å². The first kappa shape index (κ1) is 19.7. The molecule has 1 atom stereocenters. The summed E-state index contributed by atoms with van der Waals surface area (Å²) in [5.41, 5.74) is 0.0454. The molecule has 0 saturated carbocycles. The summed E-state index contributed by atoms with van der Waals surface area (Å²) in [5, 5.41) is 0. The Labute approximate surface area is 109 Å². The molecule has 0 amide bonds. The van der Waals surface area contributed by atoms with Crippen LogP contribution < -0.4 is 0 Å². The minimum Gasteiger partial charge on any atom is -0.367 e. The summed E-state index contributed by atoms with van der Waals surface area (Å²) < 4.78 is 20.2. The molecule has 1 N–H and O–H groups in total. The van der Waals surface area contributed by atoms with E-state index in [9.17, 15) is 9.36 Å². The molecule has 0 aliphatic carbocycles. The van der Waals surface area contributed by atoms with Crippen molar-refractivity contribution >= 4 is 13.8 Å². The third-order valence-electron chi connectivity index (χ3n) is 1.79. The molecule has 0 rings (SSSR count). The number of rotatable bonds is 5. The fraction of sp³-hybridized carbons (Fsp3) is 0.727. The Kier molecular flexibility index (Phi) is 9.20. The molecular weight excluding hydrogens is 257 g/mol. The second-order valence-electron chi connectivity index (χ2n) is 4.65. The van der Waals surface area contributed by atoms with Crippen LogP contribution in [0.25, 0.3) is 0 Å². The smallest absolute Gasteiger partial charge is 0.367 e. The minimum absolute atomic E-state index is 0.00273. The molecule has 108 valence electrons. The van der Waals surface area contributed by atoms with Gasteiger partial charge in [0.1, 0.15) is 0 Å². The zero-order chi connectivity index (χ0) is 15.0. The van der Waals surface area contributed by atoms with Crippen molar-refractivity contribution in [2.45, 2.75) is 20.8 Å². The molecule has 0 saturated heterocycles. The molecule has 0 radical (unpaired) electrons. The Balaban J connectivity index is 0. The number of hydrogen-bond donors (Lipinski definition) is 1. The van der Waals surface area contributed by atoms with Gasteiger partial charge < -0.3 is 9.01 Å². The van der Waals surface area contributed by atoms with Crippen LogP contribution in [0.2, 0.25) is 0 Å². The third kappa shape index (κ3) is 13.4. The SMILES string of the molecule is C=C(C)C(=O)OP(=O)(O)OCC.CC[N+](C)(C)C. The van der Waals surface area contributed by atoms with Gasteiger partial charge in [-0.15, -0.1) is 0 Å². The number of carbonyl (C=O) groups excluding carboxylic acids is 1. The highest BCUT2D eigenvalue weighted by atomic mass is 31.2. The van der Waals surface area contributed by atoms with E-state index in [1.54, 1.807) is 0 Å². The van der Waals surface area contributed by atoms with Crippen LogP contribution in [0.1, 0.15) is 20.8 Å². The molecule has 18 heavy (non-hydrogen) atoms. The summed E-state index contributed by atoms with van der Waals surface area (Å²) >= 11 is 0. The van der Waals surface area contributed by atoms with Crippen LogP contribution >= 0.6 is 7.82 Å². The fourth-order valence-electron chi connectivity index (χ4n) is 0.372. The molecular formula is C11H25NO5P+. The lowest BCUT2D eigenvalue weighted by molar-refractivity contribution is -0.868. The number of hydrogen-bond acceptors (Lipinski definition) is 4. The lowest BCUT2D eigenvalue weighted by Gasteiger charge is -2.20. The number of nitrogens with zero attached hydrogens (tertiary/aromatic N) is 1. The number of phosphoric acid groups is 1. The summed E-state index contributed by atoms with van der Waals surface area (Å²) in [6, 6.07) is 0. The Bertz CT molecular complexity index is 322. The Morgan fingerprint density at radius 2 is 1.72 bits per heavy atom. The third-order valence-corrected chi connectivity index (χ3v) is 2.77. The number of phosphoric ester groups is 1. The lowest BCUT2D eigenvalue weighted by atomic mass is 10.4. The first-order valence-corrected chi connectivity index (χ1v) is 7.12. The van der Waals surface area contributed by atoms with E-state index in [1.807, 2.05) is 0 Å². The number of quaternary nitrogens is 1. The molecule has 1 unspecified atom stereocenters. The van der Waals surface area contributed by atoms with Gasteiger partial charge in [0, 0.05) is 5.57 Å². The van der Waals surface area contributed by atoms with Gasteiger partial charge in [-0.3, -0.25) is 9.42 Å². The highest BCUT2D eigenvalue weighted by molar-refractivity contribution is 7.48. The summed E-state index contributed by atoms with van der Waals surface area (Å²) in [7, 11) is 2.33. The van der Waals surface area contributed by atoms with Gasteiger partial charge in [-0.25, -0.2) is 9.36 Å². The predicted octanol–water partition coefficient (Wildman–Crippen LogP) is 1.96. The van der Waals surface area contributed by atoms with Crippen molar-refractivity contribution < 1.29 is 27.8 Å². The first-order valence-electron chi connectivity index (χ1n) is 5.62. The second-order valence-corrected chi connectivity index (χ2v) is 6.03. The predicted molar refractivity (Wildman–Crippen MR) is 70.9 cm³/mol. The maximum Gasteiger partial charge on any atom is 0.529 e. The van der Waals surface area contributed by atoms with Crippen molar-refractivity contribution in [3.63, 3.8) is 0 Å². The summed E-state index contributed by atoms with van der Waals surface area (Å²) in [4.78, 5) is 19.5. The molecule has 0 aliphatic rings. The molecule has 0 spiro atoms. The van der Waals surface area contributed by atoms with Crippen molar-refractivity contribution in [2.24, 2.45) is 0 Å². The maximum atomic E-state index is 10.8. The average molecular weight is 282 g/mol. The van der Waals surface area contributed by atoms with Gasteiger partial charge in [0.15, 0.2) is 0 Å². The van der Waals surface area contributed by atoms with Crippen LogP contribution in [-0.4, -0.2) is 49.6 Å². The Morgan fingerprint density at radius 3 is 1.94 bits per heavy atom. The van der Waals surface area contributed by atoms with E-state index >= 15 is 0 Å². The zero-order valence-corrected chi connectivity index (χ0v) is 13.0. The molecule has 6 nitrogen and oxygen atoms in total. The van der Waals surface area contributed by atoms with Crippen LogP contribution in [-0.2, 0) is 18.4 Å². The second kappa shape index (κ2) is 8.43. The van der Waals surface area contributed by atoms with Crippen molar-refractivity contribution in [1.29, 1.82) is 0 Å². The van der Waals surface area contributed by atoms with Gasteiger partial charge in [0.2, 0.25) is 0 Å². The summed E-state index contributed by atoms with van der Waals surface area (Å²) in [6.45, 7) is 9.50. The largest absolute Gasteiger partial charge is 0.529 e. The minimum atomic E-state index is -4.21. The summed E-state index contributed by atoms with van der Waals surface area (Å²) in [6.07, 6.45) is 0. The lowest BCUT2D eigenvalue weighted by Crippen LogP contribution is -2.33. The quantitative estimate of drug-likeness (QED) is 0.474. The molecule has 7 heteroatoms. The van der Waals surface area contributed by atoms with Gasteiger partial charge in [0.05, 0.1) is 34.3 Å². The van der Waals surface area contributed by atoms with Crippen molar-refractivity contribution in [3.8, 4) is 0 Å². The molecule has 0 aromatic carbocycles. The van der Waals surface area contributed by atoms with Crippen LogP contribution in [0.4, 0.5) is 0 Å². The van der Waals surface area contributed by atoms with E-state index in [1.165, 1.54) is 20.4 Å². The van der Waals surface area contributed by atoms with Crippen molar-refractivity contribution in [3.05, 3.63) is 12.2 Å². The molecule has 0 aromatic rings. The van der Waals surface area contributed by atoms with Gasteiger partial charge >= 0.3 is 13.8 Å². The van der Waals surface area contributed by atoms with Crippen LogP contribution in [0, 0.1) is 0 Å². The fourth-order valence-corrected chi connectivity index (χ4v) is 1.12. The molecule has 0 bridgehead atoms. The van der Waals surface area contributed by atoms with E-state index in [-0.39, 0.29) is 12.2 Å². The van der Waals surface area contributed by atoms with Crippen molar-refractivity contribution in [2.75, 3.05) is 34.3 Å². The first-order chi connectivity index (χ1) is 7.95. The Morgan fingerprint density at radius 1 is 1.33 bits per heavy atom. The standard InChI is InChI=1S/C6H11O5P.C5H14N/c1-4-10-12(8,9)11-6(7)5(2)3;1-5-6(2,3)4/h2,4H2,1,3H3,(H,8,9);5H2,1-4H3/q;+1. The normalized spacial score (nSPS) is 13.9. The van der Waals surface area contributed by atoms with Crippen LogP contribution in [0.3, 0.4) is 0 Å². The van der Waals surface area contributed by atoms with Gasteiger partial charge in [0.25, 0.3) is 0 Å². The van der Waals surface area contributed by atoms with Gasteiger partial charge in [-0.2, -0.15) is 0 Å². The average Bonchev–Trinajstić information content (AvgIpc) is 2.16. The van der Waals surface area contributed by atoms with E-state index in [2.05, 4.69) is 43.7 Å². The van der Waals surface area contributed by atoms with E-state index in [0.29, 0.717) is 0 Å². The maximum absolute atomic E-state index is 10.8. The van der Waals surface area contributed by atoms with Crippen LogP contribution in [0.15, 0.2) is 12.2 Å². The monoisotopic (exact) mass is 282 g/mol. The molecule has 0 heterocycles.